The third-order valence-electron chi connectivity index (χ3n) is 1.74. The van der Waals surface area contributed by atoms with Gasteiger partial charge >= 0.3 is 0 Å². The molecule has 0 saturated heterocycles. The monoisotopic (exact) mass is 147 g/mol. The summed E-state index contributed by atoms with van der Waals surface area (Å²) in [5.74, 6) is 0.359. The molecule has 0 bridgehead atoms. The van der Waals surface area contributed by atoms with Gasteiger partial charge in [0.1, 0.15) is 13.0 Å². The zero-order valence-corrected chi connectivity index (χ0v) is 6.96. The number of hydrogen-bond donors (Lipinski definition) is 1. The summed E-state index contributed by atoms with van der Waals surface area (Å²) < 4.78 is 0. The van der Waals surface area contributed by atoms with Crippen LogP contribution in [0.5, 0.6) is 5.75 Å². The van der Waals surface area contributed by atoms with Crippen LogP contribution in [0.15, 0.2) is 18.2 Å². The highest BCUT2D eigenvalue weighted by atomic mass is 16.3. The van der Waals surface area contributed by atoms with Gasteiger partial charge in [-0.25, -0.2) is 0 Å². The quantitative estimate of drug-likeness (QED) is 0.625. The van der Waals surface area contributed by atoms with Crippen LogP contribution < -0.4 is 5.46 Å². The van der Waals surface area contributed by atoms with Crippen molar-refractivity contribution in [1.82, 2.24) is 0 Å². The average Bonchev–Trinajstić information content (AvgIpc) is 2.03. The maximum Gasteiger partial charge on any atom is 0.148 e. The van der Waals surface area contributed by atoms with E-state index < -0.39 is 0 Å². The molecule has 0 aliphatic rings. The van der Waals surface area contributed by atoms with E-state index in [1.165, 1.54) is 5.56 Å². The molecule has 0 spiro atoms. The molecule has 57 valence electrons. The number of aryl methyl sites for hydroxylation is 1. The second kappa shape index (κ2) is 3.47. The van der Waals surface area contributed by atoms with Crippen molar-refractivity contribution in [2.45, 2.75) is 20.2 Å². The Morgan fingerprint density at radius 2 is 2.09 bits per heavy atom. The molecule has 1 aromatic rings. The summed E-state index contributed by atoms with van der Waals surface area (Å²) in [6.45, 7) is 4.04. The van der Waals surface area contributed by atoms with E-state index in [-0.39, 0.29) is 0 Å². The highest BCUT2D eigenvalue weighted by Gasteiger charge is 1.96. The highest BCUT2D eigenvalue weighted by molar-refractivity contribution is 6.52. The molecule has 2 heteroatoms. The second-order valence-electron chi connectivity index (χ2n) is 2.58. The highest BCUT2D eigenvalue weighted by Crippen LogP contribution is 2.09. The van der Waals surface area contributed by atoms with Crippen LogP contribution in [-0.2, 0) is 6.42 Å². The van der Waals surface area contributed by atoms with Gasteiger partial charge in [-0.15, -0.1) is 0 Å². The molecule has 1 nitrogen and oxygen atoms in total. The van der Waals surface area contributed by atoms with Crippen molar-refractivity contribution >= 4 is 12.7 Å². The average molecular weight is 147 g/mol. The summed E-state index contributed by atoms with van der Waals surface area (Å²) >= 11 is 0. The fourth-order valence-electron chi connectivity index (χ4n) is 1.07. The smallest absolute Gasteiger partial charge is 0.148 e. The first-order valence-electron chi connectivity index (χ1n) is 3.88. The van der Waals surface area contributed by atoms with Gasteiger partial charge in [0, 0.05) is 0 Å². The maximum atomic E-state index is 9.24. The predicted molar refractivity (Wildman–Crippen MR) is 48.7 cm³/mol. The molecule has 11 heavy (non-hydrogen) atoms. The van der Waals surface area contributed by atoms with Crippen LogP contribution in [0.25, 0.3) is 0 Å². The van der Waals surface area contributed by atoms with Gasteiger partial charge in [-0.2, -0.15) is 0 Å². The summed E-state index contributed by atoms with van der Waals surface area (Å²) in [6.07, 6.45) is 0.968. The molecule has 0 atom stereocenters. The van der Waals surface area contributed by atoms with Gasteiger partial charge in [0.25, 0.3) is 0 Å². The summed E-state index contributed by atoms with van der Waals surface area (Å²) in [5, 5.41) is 9.24. The van der Waals surface area contributed by atoms with Crippen molar-refractivity contribution in [2.24, 2.45) is 0 Å². The molecule has 1 N–H and O–H groups in total. The van der Waals surface area contributed by atoms with Gasteiger partial charge in [0.2, 0.25) is 0 Å². The van der Waals surface area contributed by atoms with Crippen LogP contribution in [0.2, 0.25) is 6.82 Å². The van der Waals surface area contributed by atoms with Crippen molar-refractivity contribution < 1.29 is 5.11 Å². The van der Waals surface area contributed by atoms with E-state index in [0.29, 0.717) is 5.75 Å². The number of phenolic OH excluding ortho intramolecular Hbond substituents is 1. The molecule has 1 radical (unpaired) electrons. The first kappa shape index (κ1) is 8.18. The Bertz CT molecular complexity index is 223. The van der Waals surface area contributed by atoms with Crippen LogP contribution in [0.1, 0.15) is 12.5 Å². The molecule has 0 heterocycles. The van der Waals surface area contributed by atoms with Crippen LogP contribution in [0.4, 0.5) is 0 Å². The topological polar surface area (TPSA) is 20.2 Å². The number of benzene rings is 1. The normalized spacial score (nSPS) is 9.64. The minimum Gasteiger partial charge on any atom is -0.508 e. The van der Waals surface area contributed by atoms with Gasteiger partial charge < -0.3 is 5.11 Å². The maximum absolute atomic E-state index is 9.24. The Labute approximate surface area is 68.3 Å². The van der Waals surface area contributed by atoms with Gasteiger partial charge in [-0.3, -0.25) is 0 Å². The van der Waals surface area contributed by atoms with Crippen LogP contribution in [-0.4, -0.2) is 12.4 Å². The molecule has 1 rings (SSSR count). The van der Waals surface area contributed by atoms with Gasteiger partial charge in [0.05, 0.1) is 0 Å². The lowest BCUT2D eigenvalue weighted by Gasteiger charge is -2.01. The lowest BCUT2D eigenvalue weighted by atomic mass is 9.73. The zero-order valence-electron chi connectivity index (χ0n) is 6.96. The Balaban J connectivity index is 3.02. The Hall–Kier alpha value is -0.915. The van der Waals surface area contributed by atoms with Gasteiger partial charge in [-0.1, -0.05) is 25.3 Å². The Kier molecular flexibility index (Phi) is 2.58. The van der Waals surface area contributed by atoms with Crippen LogP contribution in [0.3, 0.4) is 0 Å². The SMILES string of the molecule is C[B]c1cc(O)cc(CC)c1. The molecular formula is C9H12BO. The van der Waals surface area contributed by atoms with E-state index in [0.717, 1.165) is 11.9 Å². The van der Waals surface area contributed by atoms with Crippen molar-refractivity contribution in [3.05, 3.63) is 23.8 Å². The minimum atomic E-state index is 0.359. The first-order valence-corrected chi connectivity index (χ1v) is 3.88. The summed E-state index contributed by atoms with van der Waals surface area (Å²) in [5.41, 5.74) is 2.26. The predicted octanol–water partition coefficient (Wildman–Crippen LogP) is 1.33. The van der Waals surface area contributed by atoms with Crippen molar-refractivity contribution in [1.29, 1.82) is 0 Å². The molecule has 0 aliphatic carbocycles. The summed E-state index contributed by atoms with van der Waals surface area (Å²) in [4.78, 5) is 0. The molecule has 0 amide bonds. The molecular weight excluding hydrogens is 135 g/mol. The van der Waals surface area contributed by atoms with E-state index in [1.807, 2.05) is 14.1 Å². The number of aromatic hydroxyl groups is 1. The number of rotatable bonds is 2. The fourth-order valence-corrected chi connectivity index (χ4v) is 1.07. The largest absolute Gasteiger partial charge is 0.508 e. The van der Waals surface area contributed by atoms with Gasteiger partial charge in [0.15, 0.2) is 0 Å². The minimum absolute atomic E-state index is 0.359. The molecule has 0 fully saturated rings. The Morgan fingerprint density at radius 1 is 1.36 bits per heavy atom. The van der Waals surface area contributed by atoms with E-state index in [4.69, 9.17) is 0 Å². The molecule has 0 saturated carbocycles. The van der Waals surface area contributed by atoms with E-state index in [2.05, 4.69) is 13.0 Å². The standard InChI is InChI=1S/C9H12BO/c1-3-7-4-8(10-2)6-9(11)5-7/h4-6,11H,3H2,1-2H3. The summed E-state index contributed by atoms with van der Waals surface area (Å²) in [7, 11) is 1.98. The van der Waals surface area contributed by atoms with Crippen LogP contribution in [0, 0.1) is 0 Å². The van der Waals surface area contributed by atoms with Crippen LogP contribution >= 0.6 is 0 Å². The Morgan fingerprint density at radius 3 is 2.64 bits per heavy atom. The zero-order chi connectivity index (χ0) is 8.27. The first-order chi connectivity index (χ1) is 5.26. The molecule has 0 aliphatic heterocycles. The summed E-state index contributed by atoms with van der Waals surface area (Å²) in [6, 6.07) is 5.64. The van der Waals surface area contributed by atoms with E-state index in [9.17, 15) is 5.11 Å². The van der Waals surface area contributed by atoms with Crippen molar-refractivity contribution in [3.63, 3.8) is 0 Å². The molecule has 0 aromatic heterocycles. The molecule has 1 aromatic carbocycles. The van der Waals surface area contributed by atoms with E-state index >= 15 is 0 Å². The van der Waals surface area contributed by atoms with Crippen molar-refractivity contribution in [2.75, 3.05) is 0 Å². The molecule has 0 unspecified atom stereocenters. The fraction of sp³-hybridized carbons (Fsp3) is 0.333. The second-order valence-corrected chi connectivity index (χ2v) is 2.58. The third-order valence-corrected chi connectivity index (χ3v) is 1.74. The van der Waals surface area contributed by atoms with E-state index in [1.54, 1.807) is 12.1 Å². The number of hydrogen-bond acceptors (Lipinski definition) is 1. The van der Waals surface area contributed by atoms with Gasteiger partial charge in [-0.05, 0) is 24.1 Å². The third kappa shape index (κ3) is 2.00. The lowest BCUT2D eigenvalue weighted by molar-refractivity contribution is 0.475. The number of phenols is 1. The van der Waals surface area contributed by atoms with Crippen molar-refractivity contribution in [3.8, 4) is 5.75 Å². The lowest BCUT2D eigenvalue weighted by Crippen LogP contribution is -2.10.